The van der Waals surface area contributed by atoms with Crippen molar-refractivity contribution < 1.29 is 8.81 Å². The number of hydrogen-bond donors (Lipinski definition) is 0. The lowest BCUT2D eigenvalue weighted by Crippen LogP contribution is -1.80. The van der Waals surface area contributed by atoms with Gasteiger partial charge >= 0.3 is 0 Å². The minimum Gasteiger partial charge on any atom is -0.456 e. The number of fused-ring (bicyclic) bond motifs is 2. The Hall–Kier alpha value is -1.74. The first kappa shape index (κ1) is 9.48. The second kappa shape index (κ2) is 3.39. The van der Waals surface area contributed by atoms with Crippen LogP contribution in [0.3, 0.4) is 0 Å². The summed E-state index contributed by atoms with van der Waals surface area (Å²) in [5.74, 6) is -0.319. The molecule has 1 aromatic heterocycles. The number of benzene rings is 2. The van der Waals surface area contributed by atoms with Crippen molar-refractivity contribution in [3.8, 4) is 0 Å². The monoisotopic (exact) mass is 230 g/mol. The van der Waals surface area contributed by atoms with E-state index in [1.807, 2.05) is 24.3 Å². The predicted octanol–water partition coefficient (Wildman–Crippen LogP) is 4.45. The third kappa shape index (κ3) is 1.32. The summed E-state index contributed by atoms with van der Waals surface area (Å²) < 4.78 is 19.4. The summed E-state index contributed by atoms with van der Waals surface area (Å²) in [6.45, 7) is 0. The number of rotatable bonds is 0. The molecule has 0 saturated carbocycles. The van der Waals surface area contributed by atoms with Crippen LogP contribution in [0.25, 0.3) is 21.9 Å². The van der Waals surface area contributed by atoms with Gasteiger partial charge in [-0.15, -0.1) is 0 Å². The van der Waals surface area contributed by atoms with E-state index in [1.165, 1.54) is 12.1 Å². The molecule has 0 spiro atoms. The Morgan fingerprint density at radius 3 is 2.56 bits per heavy atom. The highest BCUT2D eigenvalue weighted by Gasteiger charge is 2.04. The number of hydrogen-bond acceptors (Lipinski definition) is 2. The molecule has 1 nitrogen and oxygen atoms in total. The van der Waals surface area contributed by atoms with Crippen LogP contribution in [0.15, 0.2) is 46.9 Å². The lowest BCUT2D eigenvalue weighted by atomic mass is 10.1. The van der Waals surface area contributed by atoms with Gasteiger partial charge in [0.2, 0.25) is 0 Å². The molecular weight excluding hydrogens is 223 g/mol. The quantitative estimate of drug-likeness (QED) is 0.418. The Morgan fingerprint density at radius 2 is 1.69 bits per heavy atom. The van der Waals surface area contributed by atoms with Crippen molar-refractivity contribution in [3.63, 3.8) is 0 Å². The van der Waals surface area contributed by atoms with Crippen molar-refractivity contribution in [3.05, 3.63) is 52.8 Å². The van der Waals surface area contributed by atoms with E-state index in [0.29, 0.717) is 15.7 Å². The van der Waals surface area contributed by atoms with Gasteiger partial charge in [0.1, 0.15) is 17.0 Å². The van der Waals surface area contributed by atoms with Gasteiger partial charge in [-0.2, -0.15) is 0 Å². The normalized spacial score (nSPS) is 11.1. The Balaban J connectivity index is 2.61. The third-order valence-electron chi connectivity index (χ3n) is 2.54. The van der Waals surface area contributed by atoms with Crippen LogP contribution in [0, 0.1) is 10.3 Å². The molecule has 0 amide bonds. The molecule has 1 heterocycles. The molecule has 3 aromatic rings. The van der Waals surface area contributed by atoms with Gasteiger partial charge in [0.15, 0.2) is 0 Å². The van der Waals surface area contributed by atoms with Crippen LogP contribution in [0.1, 0.15) is 0 Å². The fourth-order valence-electron chi connectivity index (χ4n) is 1.77. The maximum absolute atomic E-state index is 13.1. The molecular formula is C13H7FOS. The molecule has 0 N–H and O–H groups in total. The van der Waals surface area contributed by atoms with E-state index in [2.05, 4.69) is 0 Å². The van der Waals surface area contributed by atoms with Crippen molar-refractivity contribution in [1.82, 2.24) is 0 Å². The molecule has 0 radical (unpaired) electrons. The maximum Gasteiger partial charge on any atom is 0.139 e. The largest absolute Gasteiger partial charge is 0.456 e. The summed E-state index contributed by atoms with van der Waals surface area (Å²) in [6, 6.07) is 11.9. The Kier molecular flexibility index (Phi) is 2.01. The lowest BCUT2D eigenvalue weighted by molar-refractivity contribution is 0.615. The highest BCUT2D eigenvalue weighted by Crippen LogP contribution is 2.25. The molecule has 78 valence electrons. The van der Waals surface area contributed by atoms with E-state index in [1.54, 1.807) is 6.07 Å². The lowest BCUT2D eigenvalue weighted by Gasteiger charge is -2.02. The summed E-state index contributed by atoms with van der Waals surface area (Å²) in [6.07, 6.45) is 0. The molecule has 0 fully saturated rings. The zero-order chi connectivity index (χ0) is 11.1. The van der Waals surface area contributed by atoms with E-state index in [0.717, 1.165) is 10.8 Å². The zero-order valence-electron chi connectivity index (χ0n) is 8.24. The van der Waals surface area contributed by atoms with E-state index in [-0.39, 0.29) is 5.82 Å². The van der Waals surface area contributed by atoms with Gasteiger partial charge in [-0.1, -0.05) is 24.4 Å². The summed E-state index contributed by atoms with van der Waals surface area (Å²) in [5, 5.41) is 1.66. The molecule has 0 aliphatic heterocycles. The van der Waals surface area contributed by atoms with Gasteiger partial charge < -0.3 is 4.42 Å². The van der Waals surface area contributed by atoms with Crippen molar-refractivity contribution in [2.45, 2.75) is 0 Å². The van der Waals surface area contributed by atoms with Crippen LogP contribution in [-0.4, -0.2) is 0 Å². The minimum absolute atomic E-state index is 0.319. The maximum atomic E-state index is 13.1. The molecule has 0 aliphatic rings. The summed E-state index contributed by atoms with van der Waals surface area (Å²) >= 11 is 5.36. The average molecular weight is 230 g/mol. The number of para-hydroxylation sites is 1. The van der Waals surface area contributed by atoms with Crippen molar-refractivity contribution in [1.29, 1.82) is 0 Å². The Labute approximate surface area is 96.1 Å². The van der Waals surface area contributed by atoms with Crippen LogP contribution < -0.4 is 0 Å². The first-order valence-corrected chi connectivity index (χ1v) is 5.27. The summed E-state index contributed by atoms with van der Waals surface area (Å²) in [7, 11) is 0. The molecule has 16 heavy (non-hydrogen) atoms. The third-order valence-corrected chi connectivity index (χ3v) is 2.98. The predicted molar refractivity (Wildman–Crippen MR) is 64.5 cm³/mol. The van der Waals surface area contributed by atoms with Gasteiger partial charge in [0.05, 0.1) is 4.51 Å². The molecule has 0 aliphatic carbocycles. The topological polar surface area (TPSA) is 13.1 Å². The minimum atomic E-state index is -0.319. The molecule has 0 saturated heterocycles. The van der Waals surface area contributed by atoms with Gasteiger partial charge in [0.25, 0.3) is 0 Å². The highest BCUT2D eigenvalue weighted by molar-refractivity contribution is 7.72. The highest BCUT2D eigenvalue weighted by atomic mass is 32.1. The summed E-state index contributed by atoms with van der Waals surface area (Å²) in [5.41, 5.74) is 1.18. The fourth-order valence-corrected chi connectivity index (χ4v) is 2.11. The standard InChI is InChI=1S/C13H7FOS/c14-8-5-6-10-12(7-8)15-11-4-2-1-3-9(11)13(10)16/h1-7H. The molecule has 2 aromatic carbocycles. The SMILES string of the molecule is Fc1ccc2c(=S)c3ccccc3oc2c1. The molecule has 3 rings (SSSR count). The van der Waals surface area contributed by atoms with Crippen LogP contribution >= 0.6 is 12.2 Å². The molecule has 3 heteroatoms. The smallest absolute Gasteiger partial charge is 0.139 e. The second-order valence-electron chi connectivity index (χ2n) is 3.57. The van der Waals surface area contributed by atoms with Gasteiger partial charge in [0, 0.05) is 16.8 Å². The van der Waals surface area contributed by atoms with E-state index in [9.17, 15) is 4.39 Å². The first-order valence-electron chi connectivity index (χ1n) is 4.87. The average Bonchev–Trinajstić information content (AvgIpc) is 2.29. The van der Waals surface area contributed by atoms with E-state index < -0.39 is 0 Å². The van der Waals surface area contributed by atoms with Crippen LogP contribution in [0.4, 0.5) is 4.39 Å². The fraction of sp³-hybridized carbons (Fsp3) is 0. The molecule has 0 bridgehead atoms. The van der Waals surface area contributed by atoms with Crippen LogP contribution in [0.5, 0.6) is 0 Å². The summed E-state index contributed by atoms with van der Waals surface area (Å²) in [4.78, 5) is 0. The van der Waals surface area contributed by atoms with E-state index >= 15 is 0 Å². The van der Waals surface area contributed by atoms with Crippen molar-refractivity contribution in [2.24, 2.45) is 0 Å². The Morgan fingerprint density at radius 1 is 0.938 bits per heavy atom. The second-order valence-corrected chi connectivity index (χ2v) is 3.98. The van der Waals surface area contributed by atoms with Crippen molar-refractivity contribution in [2.75, 3.05) is 0 Å². The van der Waals surface area contributed by atoms with Crippen LogP contribution in [0.2, 0.25) is 0 Å². The van der Waals surface area contributed by atoms with Gasteiger partial charge in [-0.05, 0) is 24.3 Å². The number of halogens is 1. The van der Waals surface area contributed by atoms with E-state index in [4.69, 9.17) is 16.6 Å². The molecule has 0 unspecified atom stereocenters. The van der Waals surface area contributed by atoms with Crippen molar-refractivity contribution >= 4 is 34.2 Å². The van der Waals surface area contributed by atoms with Gasteiger partial charge in [-0.3, -0.25) is 0 Å². The Bertz CT molecular complexity index is 746. The van der Waals surface area contributed by atoms with Gasteiger partial charge in [-0.25, -0.2) is 4.39 Å². The first-order chi connectivity index (χ1) is 7.75. The van der Waals surface area contributed by atoms with Crippen LogP contribution in [-0.2, 0) is 0 Å². The molecule has 0 atom stereocenters. The zero-order valence-corrected chi connectivity index (χ0v) is 9.05.